The quantitative estimate of drug-likeness (QED) is 0.816. The average molecular weight is 233 g/mol. The molecular formula is C11H11N3O3. The van der Waals surface area contributed by atoms with Crippen molar-refractivity contribution in [2.75, 3.05) is 5.32 Å². The summed E-state index contributed by atoms with van der Waals surface area (Å²) in [6.45, 7) is 3.71. The summed E-state index contributed by atoms with van der Waals surface area (Å²) in [6.07, 6.45) is 1.12. The summed E-state index contributed by atoms with van der Waals surface area (Å²) in [7, 11) is 0. The minimum atomic E-state index is -0.492. The molecule has 2 N–H and O–H groups in total. The molecule has 0 fully saturated rings. The number of aromatic nitrogens is 2. The second kappa shape index (κ2) is 4.25. The average Bonchev–Trinajstić information content (AvgIpc) is 2.62. The van der Waals surface area contributed by atoms with Gasteiger partial charge in [0.25, 0.3) is 5.91 Å². The minimum absolute atomic E-state index is 0.268. The lowest BCUT2D eigenvalue weighted by Gasteiger charge is -2.01. The molecule has 0 bridgehead atoms. The van der Waals surface area contributed by atoms with Crippen LogP contribution in [0.5, 0.6) is 0 Å². The van der Waals surface area contributed by atoms with Gasteiger partial charge in [0.15, 0.2) is 5.82 Å². The summed E-state index contributed by atoms with van der Waals surface area (Å²) in [5.41, 5.74) is 1.54. The van der Waals surface area contributed by atoms with Crippen LogP contribution in [0.3, 0.4) is 0 Å². The van der Waals surface area contributed by atoms with Crippen LogP contribution in [0, 0.1) is 13.8 Å². The van der Waals surface area contributed by atoms with Crippen LogP contribution in [0.4, 0.5) is 5.82 Å². The first-order chi connectivity index (χ1) is 8.08. The lowest BCUT2D eigenvalue weighted by Crippen LogP contribution is -2.13. The standard InChI is InChI=1S/C11H11N3O3/c1-6-7(2)13-14-10(6)12-11(16)8-3-4-9(15)17-5-8/h3-5H,1-2H3,(H2,12,13,14,16). The highest BCUT2D eigenvalue weighted by Crippen LogP contribution is 2.14. The summed E-state index contributed by atoms with van der Waals surface area (Å²) in [5.74, 6) is 0.0991. The minimum Gasteiger partial charge on any atom is -0.430 e. The molecular weight excluding hydrogens is 222 g/mol. The van der Waals surface area contributed by atoms with Crippen LogP contribution < -0.4 is 10.9 Å². The molecule has 2 rings (SSSR count). The van der Waals surface area contributed by atoms with Crippen molar-refractivity contribution in [3.05, 3.63) is 45.6 Å². The number of H-pyrrole nitrogens is 1. The highest BCUT2D eigenvalue weighted by atomic mass is 16.4. The molecule has 0 aliphatic heterocycles. The third-order valence-corrected chi connectivity index (χ3v) is 2.45. The molecule has 0 spiro atoms. The number of carbonyl (C=O) groups is 1. The van der Waals surface area contributed by atoms with E-state index in [1.165, 1.54) is 12.1 Å². The van der Waals surface area contributed by atoms with E-state index in [9.17, 15) is 9.59 Å². The molecule has 0 saturated carbocycles. The van der Waals surface area contributed by atoms with Gasteiger partial charge < -0.3 is 9.73 Å². The molecule has 17 heavy (non-hydrogen) atoms. The van der Waals surface area contributed by atoms with E-state index in [1.807, 2.05) is 13.8 Å². The van der Waals surface area contributed by atoms with E-state index in [0.717, 1.165) is 17.5 Å². The van der Waals surface area contributed by atoms with E-state index in [2.05, 4.69) is 19.9 Å². The first kappa shape index (κ1) is 11.1. The lowest BCUT2D eigenvalue weighted by molar-refractivity contribution is 0.102. The Morgan fingerprint density at radius 3 is 2.71 bits per heavy atom. The summed E-state index contributed by atoms with van der Waals surface area (Å²) in [4.78, 5) is 22.5. The Balaban J connectivity index is 2.20. The number of nitrogens with one attached hydrogen (secondary N) is 2. The zero-order valence-electron chi connectivity index (χ0n) is 9.40. The number of anilines is 1. The first-order valence-corrected chi connectivity index (χ1v) is 4.99. The van der Waals surface area contributed by atoms with E-state index in [-0.39, 0.29) is 11.5 Å². The van der Waals surface area contributed by atoms with Crippen molar-refractivity contribution in [1.29, 1.82) is 0 Å². The fourth-order valence-corrected chi connectivity index (χ4v) is 1.27. The van der Waals surface area contributed by atoms with Crippen LogP contribution in [-0.2, 0) is 0 Å². The SMILES string of the molecule is Cc1[nH]nc(NC(=O)c2ccc(=O)oc2)c1C. The summed E-state index contributed by atoms with van der Waals surface area (Å²) in [5, 5.41) is 9.34. The first-order valence-electron chi connectivity index (χ1n) is 4.99. The molecule has 0 aromatic carbocycles. The zero-order valence-corrected chi connectivity index (χ0v) is 9.40. The molecule has 0 atom stereocenters. The summed E-state index contributed by atoms with van der Waals surface area (Å²) < 4.78 is 4.61. The van der Waals surface area contributed by atoms with Gasteiger partial charge in [-0.25, -0.2) is 4.79 Å². The second-order valence-corrected chi connectivity index (χ2v) is 3.62. The van der Waals surface area contributed by atoms with Crippen molar-refractivity contribution in [2.45, 2.75) is 13.8 Å². The van der Waals surface area contributed by atoms with Crippen molar-refractivity contribution in [1.82, 2.24) is 10.2 Å². The topological polar surface area (TPSA) is 88.0 Å². The van der Waals surface area contributed by atoms with E-state index in [1.54, 1.807) is 0 Å². The number of carbonyl (C=O) groups excluding carboxylic acids is 1. The van der Waals surface area contributed by atoms with Crippen LogP contribution in [-0.4, -0.2) is 16.1 Å². The molecule has 2 aromatic rings. The zero-order chi connectivity index (χ0) is 12.4. The number of hydrogen-bond acceptors (Lipinski definition) is 4. The Hall–Kier alpha value is -2.37. The Morgan fingerprint density at radius 1 is 1.41 bits per heavy atom. The Labute approximate surface area is 96.7 Å². The van der Waals surface area contributed by atoms with Gasteiger partial charge in [0.1, 0.15) is 6.26 Å². The highest BCUT2D eigenvalue weighted by molar-refractivity contribution is 6.03. The second-order valence-electron chi connectivity index (χ2n) is 3.62. The predicted octanol–water partition coefficient (Wildman–Crippen LogP) is 1.23. The largest absolute Gasteiger partial charge is 0.430 e. The molecule has 1 amide bonds. The van der Waals surface area contributed by atoms with E-state index < -0.39 is 5.63 Å². The molecule has 88 valence electrons. The van der Waals surface area contributed by atoms with Crippen LogP contribution in [0.1, 0.15) is 21.6 Å². The number of hydrogen-bond donors (Lipinski definition) is 2. The Morgan fingerprint density at radius 2 is 2.18 bits per heavy atom. The molecule has 2 heterocycles. The molecule has 0 unspecified atom stereocenters. The van der Waals surface area contributed by atoms with Gasteiger partial charge in [-0.1, -0.05) is 0 Å². The maximum Gasteiger partial charge on any atom is 0.335 e. The van der Waals surface area contributed by atoms with Gasteiger partial charge >= 0.3 is 5.63 Å². The van der Waals surface area contributed by atoms with Gasteiger partial charge in [0, 0.05) is 17.3 Å². The molecule has 0 radical (unpaired) electrons. The van der Waals surface area contributed by atoms with Gasteiger partial charge in [-0.05, 0) is 19.9 Å². The van der Waals surface area contributed by atoms with E-state index >= 15 is 0 Å². The van der Waals surface area contributed by atoms with Gasteiger partial charge in [0.05, 0.1) is 5.56 Å². The van der Waals surface area contributed by atoms with Crippen molar-refractivity contribution < 1.29 is 9.21 Å². The number of aromatic amines is 1. The monoisotopic (exact) mass is 233 g/mol. The van der Waals surface area contributed by atoms with Gasteiger partial charge in [-0.3, -0.25) is 9.89 Å². The number of nitrogens with zero attached hydrogens (tertiary/aromatic N) is 1. The van der Waals surface area contributed by atoms with E-state index in [0.29, 0.717) is 5.82 Å². The third-order valence-electron chi connectivity index (χ3n) is 2.45. The maximum atomic E-state index is 11.8. The number of amides is 1. The molecule has 0 aliphatic carbocycles. The summed E-state index contributed by atoms with van der Waals surface area (Å²) >= 11 is 0. The molecule has 0 aliphatic rings. The van der Waals surface area contributed by atoms with Crippen molar-refractivity contribution in [2.24, 2.45) is 0 Å². The Kier molecular flexibility index (Phi) is 2.78. The van der Waals surface area contributed by atoms with Gasteiger partial charge in [-0.2, -0.15) is 5.10 Å². The van der Waals surface area contributed by atoms with E-state index in [4.69, 9.17) is 0 Å². The molecule has 6 heteroatoms. The van der Waals surface area contributed by atoms with Crippen molar-refractivity contribution in [3.63, 3.8) is 0 Å². The molecule has 6 nitrogen and oxygen atoms in total. The van der Waals surface area contributed by atoms with Crippen LogP contribution >= 0.6 is 0 Å². The third kappa shape index (κ3) is 2.25. The summed E-state index contributed by atoms with van der Waals surface area (Å²) in [6, 6.07) is 2.59. The lowest BCUT2D eigenvalue weighted by atomic mass is 10.2. The highest BCUT2D eigenvalue weighted by Gasteiger charge is 2.11. The predicted molar refractivity (Wildman–Crippen MR) is 61.0 cm³/mol. The number of aryl methyl sites for hydroxylation is 1. The van der Waals surface area contributed by atoms with Gasteiger partial charge in [0.2, 0.25) is 0 Å². The van der Waals surface area contributed by atoms with Gasteiger partial charge in [-0.15, -0.1) is 0 Å². The van der Waals surface area contributed by atoms with Crippen molar-refractivity contribution >= 4 is 11.7 Å². The fraction of sp³-hybridized carbons (Fsp3) is 0.182. The van der Waals surface area contributed by atoms with Crippen LogP contribution in [0.15, 0.2) is 27.6 Å². The fourth-order valence-electron chi connectivity index (χ4n) is 1.27. The maximum absolute atomic E-state index is 11.8. The van der Waals surface area contributed by atoms with Crippen LogP contribution in [0.2, 0.25) is 0 Å². The normalized spacial score (nSPS) is 10.2. The Bertz CT molecular complexity index is 592. The smallest absolute Gasteiger partial charge is 0.335 e. The van der Waals surface area contributed by atoms with Crippen molar-refractivity contribution in [3.8, 4) is 0 Å². The molecule has 2 aromatic heterocycles. The molecule has 0 saturated heterocycles. The number of rotatable bonds is 2. The van der Waals surface area contributed by atoms with Crippen LogP contribution in [0.25, 0.3) is 0 Å².